The second-order valence-corrected chi connectivity index (χ2v) is 4.47. The van der Waals surface area contributed by atoms with Gasteiger partial charge in [-0.15, -0.1) is 0 Å². The molecule has 0 aliphatic heterocycles. The van der Waals surface area contributed by atoms with Crippen molar-refractivity contribution < 1.29 is 45.8 Å². The summed E-state index contributed by atoms with van der Waals surface area (Å²) >= 11 is 0. The van der Waals surface area contributed by atoms with Gasteiger partial charge in [-0.2, -0.15) is 26.3 Å². The van der Waals surface area contributed by atoms with Crippen LogP contribution in [-0.2, 0) is 14.4 Å². The predicted molar refractivity (Wildman–Crippen MR) is 63.2 cm³/mol. The largest absolute Gasteiger partial charge is 0.480 e. The number of carbonyl (C=O) groups is 3. The fourth-order valence-corrected chi connectivity index (χ4v) is 1.45. The standard InChI is InChI=1S/C11H14F6N2O4/c12-10(13,14)8(22)18-5-3-1-2-4-6(7(20)21)19-9(23)11(15,16)17/h6H,1-5H2,(H,18,22)(H,19,23)(H,20,21). The van der Waals surface area contributed by atoms with Crippen LogP contribution < -0.4 is 10.6 Å². The first-order chi connectivity index (χ1) is 10.4. The van der Waals surface area contributed by atoms with Crippen LogP contribution in [0, 0.1) is 0 Å². The van der Waals surface area contributed by atoms with Crippen molar-refractivity contribution in [3.63, 3.8) is 0 Å². The van der Waals surface area contributed by atoms with Crippen LogP contribution in [0.25, 0.3) is 0 Å². The summed E-state index contributed by atoms with van der Waals surface area (Å²) in [5.41, 5.74) is 0. The highest BCUT2D eigenvalue weighted by molar-refractivity contribution is 5.86. The van der Waals surface area contributed by atoms with Crippen molar-refractivity contribution in [1.29, 1.82) is 0 Å². The van der Waals surface area contributed by atoms with Crippen molar-refractivity contribution in [2.24, 2.45) is 0 Å². The van der Waals surface area contributed by atoms with E-state index in [9.17, 15) is 40.7 Å². The van der Waals surface area contributed by atoms with Crippen LogP contribution in [0.15, 0.2) is 0 Å². The lowest BCUT2D eigenvalue weighted by Crippen LogP contribution is -2.46. The SMILES string of the molecule is O=C(O)C(CCCCCNC(=O)C(F)(F)F)NC(=O)C(F)(F)F. The van der Waals surface area contributed by atoms with Crippen molar-refractivity contribution in [3.05, 3.63) is 0 Å². The number of hydrogen-bond donors (Lipinski definition) is 3. The summed E-state index contributed by atoms with van der Waals surface area (Å²) in [6, 6.07) is -1.76. The zero-order chi connectivity index (χ0) is 18.3. The molecule has 0 aromatic rings. The molecular formula is C11H14F6N2O4. The van der Waals surface area contributed by atoms with E-state index in [4.69, 9.17) is 5.11 Å². The number of rotatable bonds is 8. The predicted octanol–water partition coefficient (Wildman–Crippen LogP) is 1.36. The molecule has 0 rings (SSSR count). The highest BCUT2D eigenvalue weighted by Gasteiger charge is 2.40. The number of unbranched alkanes of at least 4 members (excludes halogenated alkanes) is 2. The molecule has 1 unspecified atom stereocenters. The lowest BCUT2D eigenvalue weighted by molar-refractivity contribution is -0.175. The highest BCUT2D eigenvalue weighted by Crippen LogP contribution is 2.16. The minimum Gasteiger partial charge on any atom is -0.480 e. The summed E-state index contributed by atoms with van der Waals surface area (Å²) in [6.07, 6.45) is -10.3. The Kier molecular flexibility index (Phi) is 7.83. The average Bonchev–Trinajstić information content (AvgIpc) is 2.38. The molecule has 134 valence electrons. The van der Waals surface area contributed by atoms with E-state index in [-0.39, 0.29) is 32.2 Å². The Labute approximate surface area is 126 Å². The minimum absolute atomic E-state index is 0.0387. The van der Waals surface area contributed by atoms with Crippen LogP contribution in [0.5, 0.6) is 0 Å². The first-order valence-electron chi connectivity index (χ1n) is 6.31. The molecular weight excluding hydrogens is 338 g/mol. The first kappa shape index (κ1) is 21.0. The van der Waals surface area contributed by atoms with Gasteiger partial charge >= 0.3 is 30.1 Å². The number of halogens is 6. The van der Waals surface area contributed by atoms with Gasteiger partial charge in [0.15, 0.2) is 0 Å². The minimum atomic E-state index is -5.21. The van der Waals surface area contributed by atoms with Gasteiger partial charge in [-0.1, -0.05) is 12.8 Å². The number of alkyl halides is 6. The smallest absolute Gasteiger partial charge is 0.471 e. The number of carboxylic acids is 1. The summed E-state index contributed by atoms with van der Waals surface area (Å²) in [6.45, 7) is -0.314. The molecule has 0 radical (unpaired) electrons. The number of amides is 2. The molecule has 2 amide bonds. The molecule has 0 saturated heterocycles. The lowest BCUT2D eigenvalue weighted by Gasteiger charge is -2.15. The van der Waals surface area contributed by atoms with Crippen LogP contribution in [0.4, 0.5) is 26.3 Å². The van der Waals surface area contributed by atoms with E-state index >= 15 is 0 Å². The van der Waals surface area contributed by atoms with Crippen LogP contribution in [-0.4, -0.2) is 47.8 Å². The number of aliphatic carboxylic acids is 1. The van der Waals surface area contributed by atoms with E-state index in [0.29, 0.717) is 0 Å². The molecule has 0 bridgehead atoms. The summed E-state index contributed by atoms with van der Waals surface area (Å²) in [4.78, 5) is 31.8. The van der Waals surface area contributed by atoms with Gasteiger partial charge in [-0.05, 0) is 12.8 Å². The quantitative estimate of drug-likeness (QED) is 0.454. The normalized spacial score (nSPS) is 13.3. The third kappa shape index (κ3) is 8.88. The van der Waals surface area contributed by atoms with Crippen molar-refractivity contribution >= 4 is 17.8 Å². The van der Waals surface area contributed by atoms with Crippen LogP contribution in [0.3, 0.4) is 0 Å². The Morgan fingerprint density at radius 1 is 0.870 bits per heavy atom. The summed E-state index contributed by atoms with van der Waals surface area (Å²) in [5.74, 6) is -6.16. The van der Waals surface area contributed by atoms with Gasteiger partial charge in [0.2, 0.25) is 0 Å². The Balaban J connectivity index is 4.06. The highest BCUT2D eigenvalue weighted by atomic mass is 19.4. The Hall–Kier alpha value is -2.01. The summed E-state index contributed by atoms with van der Waals surface area (Å²) in [7, 11) is 0. The fraction of sp³-hybridized carbons (Fsp3) is 0.727. The second-order valence-electron chi connectivity index (χ2n) is 4.47. The monoisotopic (exact) mass is 352 g/mol. The molecule has 0 saturated carbocycles. The van der Waals surface area contributed by atoms with Gasteiger partial charge in [0.25, 0.3) is 0 Å². The number of nitrogens with one attached hydrogen (secondary N) is 2. The van der Waals surface area contributed by atoms with Gasteiger partial charge in [-0.3, -0.25) is 9.59 Å². The van der Waals surface area contributed by atoms with Crippen LogP contribution >= 0.6 is 0 Å². The average molecular weight is 352 g/mol. The number of hydrogen-bond acceptors (Lipinski definition) is 3. The van der Waals surface area contributed by atoms with Gasteiger partial charge in [0.1, 0.15) is 6.04 Å². The Morgan fingerprint density at radius 3 is 1.83 bits per heavy atom. The topological polar surface area (TPSA) is 95.5 Å². The summed E-state index contributed by atoms with van der Waals surface area (Å²) in [5, 5.41) is 11.6. The molecule has 0 aromatic heterocycles. The van der Waals surface area contributed by atoms with Crippen LogP contribution in [0.1, 0.15) is 25.7 Å². The van der Waals surface area contributed by atoms with E-state index < -0.39 is 36.2 Å². The van der Waals surface area contributed by atoms with Gasteiger partial charge in [0.05, 0.1) is 0 Å². The summed E-state index contributed by atoms with van der Waals surface area (Å²) < 4.78 is 71.5. The van der Waals surface area contributed by atoms with Gasteiger partial charge < -0.3 is 15.7 Å². The molecule has 12 heteroatoms. The molecule has 6 nitrogen and oxygen atoms in total. The van der Waals surface area contributed by atoms with E-state index in [1.165, 1.54) is 5.32 Å². The van der Waals surface area contributed by atoms with Gasteiger partial charge in [0, 0.05) is 6.54 Å². The van der Waals surface area contributed by atoms with E-state index in [0.717, 1.165) is 0 Å². The number of carboxylic acid groups (broad SMARTS) is 1. The Bertz CT molecular complexity index is 435. The maximum atomic E-state index is 12.0. The molecule has 0 spiro atoms. The molecule has 0 aliphatic rings. The van der Waals surface area contributed by atoms with Crippen LogP contribution in [0.2, 0.25) is 0 Å². The fourth-order valence-electron chi connectivity index (χ4n) is 1.45. The maximum Gasteiger partial charge on any atom is 0.471 e. The lowest BCUT2D eigenvalue weighted by atomic mass is 10.1. The molecule has 0 aromatic carbocycles. The zero-order valence-corrected chi connectivity index (χ0v) is 11.6. The maximum absolute atomic E-state index is 12.0. The first-order valence-corrected chi connectivity index (χ1v) is 6.31. The third-order valence-electron chi connectivity index (χ3n) is 2.57. The molecule has 1 atom stereocenters. The molecule has 23 heavy (non-hydrogen) atoms. The third-order valence-corrected chi connectivity index (χ3v) is 2.57. The van der Waals surface area contributed by atoms with Crippen molar-refractivity contribution in [2.45, 2.75) is 44.1 Å². The van der Waals surface area contributed by atoms with Crippen molar-refractivity contribution in [1.82, 2.24) is 10.6 Å². The zero-order valence-electron chi connectivity index (χ0n) is 11.6. The Morgan fingerprint density at radius 2 is 1.39 bits per heavy atom. The number of carbonyl (C=O) groups excluding carboxylic acids is 2. The van der Waals surface area contributed by atoms with E-state index in [2.05, 4.69) is 0 Å². The molecule has 0 fully saturated rings. The van der Waals surface area contributed by atoms with E-state index in [1.54, 1.807) is 5.32 Å². The molecule has 3 N–H and O–H groups in total. The van der Waals surface area contributed by atoms with Gasteiger partial charge in [-0.25, -0.2) is 4.79 Å². The van der Waals surface area contributed by atoms with Crippen molar-refractivity contribution in [2.75, 3.05) is 6.54 Å². The molecule has 0 aliphatic carbocycles. The van der Waals surface area contributed by atoms with Crippen molar-refractivity contribution in [3.8, 4) is 0 Å². The van der Waals surface area contributed by atoms with E-state index in [1.807, 2.05) is 0 Å². The molecule has 0 heterocycles. The second kappa shape index (κ2) is 8.58.